The number of nitrogens with zero attached hydrogens (tertiary/aromatic N) is 2. The van der Waals surface area contributed by atoms with Gasteiger partial charge in [-0.2, -0.15) is 0 Å². The second kappa shape index (κ2) is 7.99. The molecule has 1 atom stereocenters. The molecule has 1 aliphatic heterocycles. The third-order valence-electron chi connectivity index (χ3n) is 4.74. The molecule has 1 aromatic carbocycles. The number of hydrogen-bond donors (Lipinski definition) is 1. The Balaban J connectivity index is 1.87. The topological polar surface area (TPSA) is 79.7 Å². The summed E-state index contributed by atoms with van der Waals surface area (Å²) >= 11 is 0. The number of methoxy groups -OCH3 is 1. The highest BCUT2D eigenvalue weighted by atomic mass is 16.5. The number of hydrogen-bond acceptors (Lipinski definition) is 4. The highest BCUT2D eigenvalue weighted by Crippen LogP contribution is 2.32. The van der Waals surface area contributed by atoms with Gasteiger partial charge in [0.25, 0.3) is 5.91 Å². The number of benzene rings is 1. The van der Waals surface area contributed by atoms with E-state index in [0.717, 1.165) is 37.0 Å². The average molecular weight is 354 g/mol. The van der Waals surface area contributed by atoms with Crippen molar-refractivity contribution in [2.24, 2.45) is 0 Å². The van der Waals surface area contributed by atoms with Crippen LogP contribution in [0.25, 0.3) is 0 Å². The van der Waals surface area contributed by atoms with Gasteiger partial charge in [-0.25, -0.2) is 9.78 Å². The summed E-state index contributed by atoms with van der Waals surface area (Å²) in [6.45, 7) is 0.677. The first-order valence-corrected chi connectivity index (χ1v) is 8.74. The van der Waals surface area contributed by atoms with Gasteiger partial charge >= 0.3 is 5.97 Å². The molecule has 2 aromatic rings. The Labute approximate surface area is 152 Å². The van der Waals surface area contributed by atoms with Crippen molar-refractivity contribution in [1.29, 1.82) is 0 Å². The van der Waals surface area contributed by atoms with Crippen molar-refractivity contribution in [1.82, 2.24) is 9.88 Å². The van der Waals surface area contributed by atoms with Crippen molar-refractivity contribution < 1.29 is 19.4 Å². The molecule has 1 fully saturated rings. The molecule has 1 aliphatic rings. The molecule has 3 rings (SSSR count). The Hall–Kier alpha value is -2.89. The van der Waals surface area contributed by atoms with Gasteiger partial charge in [0.15, 0.2) is 0 Å². The van der Waals surface area contributed by atoms with Gasteiger partial charge in [-0.15, -0.1) is 0 Å². The number of likely N-dealkylation sites (tertiary alicyclic amines) is 1. The highest BCUT2D eigenvalue weighted by Gasteiger charge is 2.28. The molecule has 6 heteroatoms. The Morgan fingerprint density at radius 3 is 2.50 bits per heavy atom. The maximum Gasteiger partial charge on any atom is 0.354 e. The number of rotatable bonds is 4. The number of pyridine rings is 1. The van der Waals surface area contributed by atoms with Gasteiger partial charge in [0.2, 0.25) is 0 Å². The second-order valence-corrected chi connectivity index (χ2v) is 6.37. The summed E-state index contributed by atoms with van der Waals surface area (Å²) in [5.74, 6) is -0.430. The predicted molar refractivity (Wildman–Crippen MR) is 96.4 cm³/mol. The van der Waals surface area contributed by atoms with Crippen LogP contribution in [0.3, 0.4) is 0 Å². The lowest BCUT2D eigenvalue weighted by Crippen LogP contribution is -2.35. The smallest absolute Gasteiger partial charge is 0.354 e. The summed E-state index contributed by atoms with van der Waals surface area (Å²) in [6, 6.07) is 10.7. The average Bonchev–Trinajstić information content (AvgIpc) is 2.93. The normalized spacial score (nSPS) is 17.4. The molecule has 0 bridgehead atoms. The molecule has 0 radical (unpaired) electrons. The number of carboxylic acid groups (broad SMARTS) is 1. The van der Waals surface area contributed by atoms with E-state index in [1.165, 1.54) is 18.3 Å². The Kier molecular flexibility index (Phi) is 5.51. The van der Waals surface area contributed by atoms with E-state index in [1.807, 2.05) is 29.2 Å². The predicted octanol–water partition coefficient (Wildman–Crippen LogP) is 3.55. The van der Waals surface area contributed by atoms with E-state index in [9.17, 15) is 9.59 Å². The zero-order valence-electron chi connectivity index (χ0n) is 14.7. The molecule has 26 heavy (non-hydrogen) atoms. The molecular formula is C20H22N2O4. The maximum atomic E-state index is 13.1. The number of ether oxygens (including phenoxy) is 1. The van der Waals surface area contributed by atoms with Crippen molar-refractivity contribution in [2.75, 3.05) is 13.7 Å². The first-order valence-electron chi connectivity index (χ1n) is 8.74. The van der Waals surface area contributed by atoms with Crippen molar-refractivity contribution >= 4 is 11.9 Å². The molecule has 0 aliphatic carbocycles. The van der Waals surface area contributed by atoms with E-state index in [-0.39, 0.29) is 17.6 Å². The van der Waals surface area contributed by atoms with Gasteiger partial charge in [-0.1, -0.05) is 25.0 Å². The first kappa shape index (κ1) is 17.9. The molecule has 2 heterocycles. The molecule has 1 saturated heterocycles. The number of carboxylic acids is 1. The van der Waals surface area contributed by atoms with Crippen LogP contribution in [-0.2, 0) is 0 Å². The largest absolute Gasteiger partial charge is 0.497 e. The second-order valence-electron chi connectivity index (χ2n) is 6.37. The quantitative estimate of drug-likeness (QED) is 0.908. The molecule has 6 nitrogen and oxygen atoms in total. The molecule has 1 N–H and O–H groups in total. The maximum absolute atomic E-state index is 13.1. The minimum atomic E-state index is -1.10. The summed E-state index contributed by atoms with van der Waals surface area (Å²) in [5.41, 5.74) is 1.43. The van der Waals surface area contributed by atoms with Crippen LogP contribution in [0.4, 0.5) is 0 Å². The van der Waals surface area contributed by atoms with Crippen LogP contribution in [0.2, 0.25) is 0 Å². The Morgan fingerprint density at radius 2 is 1.88 bits per heavy atom. The monoisotopic (exact) mass is 354 g/mol. The van der Waals surface area contributed by atoms with E-state index in [2.05, 4.69) is 4.98 Å². The zero-order valence-corrected chi connectivity index (χ0v) is 14.7. The highest BCUT2D eigenvalue weighted by molar-refractivity contribution is 5.95. The minimum absolute atomic E-state index is 0.00458. The molecular weight excluding hydrogens is 332 g/mol. The third kappa shape index (κ3) is 3.85. The summed E-state index contributed by atoms with van der Waals surface area (Å²) in [5, 5.41) is 8.97. The summed E-state index contributed by atoms with van der Waals surface area (Å²) in [4.78, 5) is 29.8. The third-order valence-corrected chi connectivity index (χ3v) is 4.74. The van der Waals surface area contributed by atoms with Crippen LogP contribution in [0.1, 0.15) is 58.1 Å². The van der Waals surface area contributed by atoms with Crippen LogP contribution in [0, 0.1) is 0 Å². The number of carbonyl (C=O) groups excluding carboxylic acids is 1. The van der Waals surface area contributed by atoms with Gasteiger partial charge in [-0.05, 0) is 42.7 Å². The van der Waals surface area contributed by atoms with Gasteiger partial charge in [-0.3, -0.25) is 4.79 Å². The standard InChI is InChI=1S/C20H22N2O4/c1-26-16-9-6-14(7-10-16)18-5-3-2-4-12-22(18)19(23)15-8-11-17(20(24)25)21-13-15/h6-11,13,18H,2-5,12H2,1H3,(H,24,25). The molecule has 136 valence electrons. The fourth-order valence-electron chi connectivity index (χ4n) is 3.34. The van der Waals surface area contributed by atoms with Gasteiger partial charge < -0.3 is 14.7 Å². The summed E-state index contributed by atoms with van der Waals surface area (Å²) < 4.78 is 5.22. The van der Waals surface area contributed by atoms with Crippen molar-refractivity contribution in [3.63, 3.8) is 0 Å². The number of aromatic nitrogens is 1. The molecule has 1 amide bonds. The first-order chi connectivity index (χ1) is 12.6. The Bertz CT molecular complexity index is 771. The number of aromatic carboxylic acids is 1. The van der Waals surface area contributed by atoms with Crippen LogP contribution >= 0.6 is 0 Å². The van der Waals surface area contributed by atoms with Crippen LogP contribution in [0.5, 0.6) is 5.75 Å². The van der Waals surface area contributed by atoms with Gasteiger partial charge in [0.1, 0.15) is 11.4 Å². The van der Waals surface area contributed by atoms with E-state index >= 15 is 0 Å². The summed E-state index contributed by atoms with van der Waals surface area (Å²) in [7, 11) is 1.63. The SMILES string of the molecule is COc1ccc(C2CCCCCN2C(=O)c2ccc(C(=O)O)nc2)cc1. The lowest BCUT2D eigenvalue weighted by atomic mass is 10.00. The Morgan fingerprint density at radius 1 is 1.12 bits per heavy atom. The fraction of sp³-hybridized carbons (Fsp3) is 0.350. The summed E-state index contributed by atoms with van der Waals surface area (Å²) in [6.07, 6.45) is 5.36. The minimum Gasteiger partial charge on any atom is -0.497 e. The molecule has 1 unspecified atom stereocenters. The van der Waals surface area contributed by atoms with Crippen molar-refractivity contribution in [2.45, 2.75) is 31.7 Å². The van der Waals surface area contributed by atoms with Crippen molar-refractivity contribution in [3.8, 4) is 5.75 Å². The fourth-order valence-corrected chi connectivity index (χ4v) is 3.34. The molecule has 0 spiro atoms. The number of amides is 1. The molecule has 1 aromatic heterocycles. The van der Waals surface area contributed by atoms with E-state index in [4.69, 9.17) is 9.84 Å². The van der Waals surface area contributed by atoms with Gasteiger partial charge in [0, 0.05) is 12.7 Å². The van der Waals surface area contributed by atoms with Crippen LogP contribution in [0.15, 0.2) is 42.6 Å². The van der Waals surface area contributed by atoms with Crippen molar-refractivity contribution in [3.05, 3.63) is 59.4 Å². The van der Waals surface area contributed by atoms with E-state index < -0.39 is 5.97 Å². The number of carbonyl (C=O) groups is 2. The molecule has 0 saturated carbocycles. The van der Waals surface area contributed by atoms with E-state index in [1.54, 1.807) is 7.11 Å². The van der Waals surface area contributed by atoms with Crippen LogP contribution in [-0.4, -0.2) is 40.5 Å². The zero-order chi connectivity index (χ0) is 18.5. The van der Waals surface area contributed by atoms with Gasteiger partial charge in [0.05, 0.1) is 18.7 Å². The van der Waals surface area contributed by atoms with Crippen LogP contribution < -0.4 is 4.74 Å². The van der Waals surface area contributed by atoms with E-state index in [0.29, 0.717) is 12.1 Å². The lowest BCUT2D eigenvalue weighted by Gasteiger charge is -2.30. The lowest BCUT2D eigenvalue weighted by molar-refractivity contribution is 0.0669.